The van der Waals surface area contributed by atoms with Gasteiger partial charge < -0.3 is 9.97 Å². The number of aromatic amines is 2. The predicted octanol–water partition coefficient (Wildman–Crippen LogP) is 4.74. The Balaban J connectivity index is 1.87. The fraction of sp³-hybridized carbons (Fsp3) is 0. The summed E-state index contributed by atoms with van der Waals surface area (Å²) in [6.07, 6.45) is 0. The molecule has 0 radical (unpaired) electrons. The zero-order valence-electron chi connectivity index (χ0n) is 14.0. The molecule has 6 heteroatoms. The van der Waals surface area contributed by atoms with Gasteiger partial charge >= 0.3 is 0 Å². The van der Waals surface area contributed by atoms with E-state index < -0.39 is 4.92 Å². The third-order valence-corrected chi connectivity index (χ3v) is 4.88. The smallest absolute Gasteiger partial charge is 0.277 e. The predicted molar refractivity (Wildman–Crippen MR) is 106 cm³/mol. The molecule has 2 heterocycles. The van der Waals surface area contributed by atoms with Crippen LogP contribution < -0.4 is 5.56 Å². The van der Waals surface area contributed by atoms with Crippen molar-refractivity contribution in [1.82, 2.24) is 9.97 Å². The number of pyridine rings is 1. The van der Waals surface area contributed by atoms with E-state index in [0.717, 1.165) is 27.3 Å². The summed E-state index contributed by atoms with van der Waals surface area (Å²) < 4.78 is 0. The first-order chi connectivity index (χ1) is 13.1. The number of aromatic nitrogens is 2. The average Bonchev–Trinajstić information content (AvgIpc) is 3.07. The van der Waals surface area contributed by atoms with Crippen molar-refractivity contribution >= 4 is 38.4 Å². The molecule has 0 saturated carbocycles. The molecule has 6 nitrogen and oxygen atoms in total. The van der Waals surface area contributed by atoms with E-state index in [1.54, 1.807) is 18.2 Å². The molecule has 0 fully saturated rings. The number of H-pyrrole nitrogens is 2. The van der Waals surface area contributed by atoms with Gasteiger partial charge in [0.25, 0.3) is 11.2 Å². The third-order valence-electron chi connectivity index (χ3n) is 4.88. The molecular formula is C21H13N3O3. The van der Waals surface area contributed by atoms with Crippen molar-refractivity contribution < 1.29 is 4.92 Å². The zero-order chi connectivity index (χ0) is 18.5. The summed E-state index contributed by atoms with van der Waals surface area (Å²) >= 11 is 0. The van der Waals surface area contributed by atoms with Crippen molar-refractivity contribution in [1.29, 1.82) is 0 Å². The SMILES string of the molecule is O=c1[nH]c2ccccc2c2[nH]c3ccc(-c4ccccc4[N+](=O)[O-])cc3c12. The minimum Gasteiger partial charge on any atom is -0.354 e. The summed E-state index contributed by atoms with van der Waals surface area (Å²) in [4.78, 5) is 29.9. The van der Waals surface area contributed by atoms with Crippen LogP contribution in [0.5, 0.6) is 0 Å². The summed E-state index contributed by atoms with van der Waals surface area (Å²) in [5.41, 5.74) is 3.42. The number of hydrogen-bond donors (Lipinski definition) is 2. The maximum absolute atomic E-state index is 12.7. The molecule has 0 atom stereocenters. The number of hydrogen-bond acceptors (Lipinski definition) is 3. The van der Waals surface area contributed by atoms with E-state index >= 15 is 0 Å². The van der Waals surface area contributed by atoms with E-state index in [1.807, 2.05) is 42.5 Å². The molecule has 5 aromatic rings. The van der Waals surface area contributed by atoms with E-state index in [2.05, 4.69) is 9.97 Å². The zero-order valence-corrected chi connectivity index (χ0v) is 14.0. The molecule has 0 aliphatic heterocycles. The number of rotatable bonds is 2. The highest BCUT2D eigenvalue weighted by Crippen LogP contribution is 2.34. The topological polar surface area (TPSA) is 91.8 Å². The Labute approximate surface area is 152 Å². The summed E-state index contributed by atoms with van der Waals surface area (Å²) in [7, 11) is 0. The number of nitrogens with one attached hydrogen (secondary N) is 2. The lowest BCUT2D eigenvalue weighted by molar-refractivity contribution is -0.384. The van der Waals surface area contributed by atoms with Crippen LogP contribution in [-0.4, -0.2) is 14.9 Å². The van der Waals surface area contributed by atoms with Gasteiger partial charge in [-0.25, -0.2) is 0 Å². The van der Waals surface area contributed by atoms with Gasteiger partial charge in [0.2, 0.25) is 0 Å². The summed E-state index contributed by atoms with van der Waals surface area (Å²) in [6.45, 7) is 0. The minimum absolute atomic E-state index is 0.0380. The van der Waals surface area contributed by atoms with Crippen LogP contribution in [0, 0.1) is 10.1 Å². The van der Waals surface area contributed by atoms with Gasteiger partial charge in [0, 0.05) is 22.4 Å². The lowest BCUT2D eigenvalue weighted by Gasteiger charge is -2.03. The molecule has 27 heavy (non-hydrogen) atoms. The fourth-order valence-corrected chi connectivity index (χ4v) is 3.67. The van der Waals surface area contributed by atoms with Crippen molar-refractivity contribution in [3.8, 4) is 11.1 Å². The first kappa shape index (κ1) is 15.3. The Bertz CT molecular complexity index is 1430. The second kappa shape index (κ2) is 5.54. The van der Waals surface area contributed by atoms with Crippen molar-refractivity contribution in [3.05, 3.63) is 87.2 Å². The quantitative estimate of drug-likeness (QED) is 0.354. The van der Waals surface area contributed by atoms with Crippen LogP contribution >= 0.6 is 0 Å². The molecule has 5 rings (SSSR count). The van der Waals surface area contributed by atoms with Crippen LogP contribution in [0.3, 0.4) is 0 Å². The van der Waals surface area contributed by atoms with Gasteiger partial charge in [-0.2, -0.15) is 0 Å². The normalized spacial score (nSPS) is 11.4. The molecule has 0 aliphatic carbocycles. The van der Waals surface area contributed by atoms with Gasteiger partial charge in [-0.15, -0.1) is 0 Å². The maximum atomic E-state index is 12.7. The van der Waals surface area contributed by atoms with Gasteiger partial charge in [-0.1, -0.05) is 36.4 Å². The summed E-state index contributed by atoms with van der Waals surface area (Å²) in [6, 6.07) is 19.7. The summed E-state index contributed by atoms with van der Waals surface area (Å²) in [5, 5.41) is 13.6. The number of nitro benzene ring substituents is 1. The lowest BCUT2D eigenvalue weighted by Crippen LogP contribution is -2.05. The Morgan fingerprint density at radius 2 is 1.56 bits per heavy atom. The molecule has 3 aromatic carbocycles. The van der Waals surface area contributed by atoms with Crippen molar-refractivity contribution in [2.24, 2.45) is 0 Å². The maximum Gasteiger partial charge on any atom is 0.277 e. The minimum atomic E-state index is -0.394. The van der Waals surface area contributed by atoms with Crippen molar-refractivity contribution in [2.45, 2.75) is 0 Å². The molecule has 0 unspecified atom stereocenters. The molecule has 0 aliphatic rings. The lowest BCUT2D eigenvalue weighted by atomic mass is 10.0. The molecule has 2 aromatic heterocycles. The standard InChI is InChI=1S/C21H13N3O3/c25-21-19-15-11-12(13-5-2-4-8-18(13)24(26)27)9-10-17(15)22-20(19)14-6-1-3-7-16(14)23-21/h1-11,22H,(H,23,25). The van der Waals surface area contributed by atoms with Gasteiger partial charge in [0.05, 0.1) is 26.9 Å². The number of nitrogens with zero attached hydrogens (tertiary/aromatic N) is 1. The molecule has 0 spiro atoms. The van der Waals surface area contributed by atoms with Gasteiger partial charge in [-0.05, 0) is 29.8 Å². The highest BCUT2D eigenvalue weighted by Gasteiger charge is 2.17. The highest BCUT2D eigenvalue weighted by molar-refractivity contribution is 6.16. The number of para-hydroxylation sites is 2. The van der Waals surface area contributed by atoms with Crippen LogP contribution in [0.4, 0.5) is 5.69 Å². The van der Waals surface area contributed by atoms with E-state index in [4.69, 9.17) is 0 Å². The van der Waals surface area contributed by atoms with Gasteiger partial charge in [0.1, 0.15) is 0 Å². The second-order valence-corrected chi connectivity index (χ2v) is 6.41. The molecule has 130 valence electrons. The Morgan fingerprint density at radius 3 is 2.41 bits per heavy atom. The Hall–Kier alpha value is -3.93. The molecule has 2 N–H and O–H groups in total. The van der Waals surface area contributed by atoms with E-state index in [1.165, 1.54) is 6.07 Å². The number of fused-ring (bicyclic) bond motifs is 5. The van der Waals surface area contributed by atoms with E-state index in [-0.39, 0.29) is 11.2 Å². The van der Waals surface area contributed by atoms with Crippen molar-refractivity contribution in [3.63, 3.8) is 0 Å². The molecule has 0 saturated heterocycles. The van der Waals surface area contributed by atoms with Crippen LogP contribution in [0.25, 0.3) is 43.8 Å². The second-order valence-electron chi connectivity index (χ2n) is 6.41. The highest BCUT2D eigenvalue weighted by atomic mass is 16.6. The number of benzene rings is 3. The molecule has 0 bridgehead atoms. The molecule has 0 amide bonds. The number of nitro groups is 1. The largest absolute Gasteiger partial charge is 0.354 e. The average molecular weight is 355 g/mol. The Kier molecular flexibility index (Phi) is 3.14. The fourth-order valence-electron chi connectivity index (χ4n) is 3.67. The van der Waals surface area contributed by atoms with Crippen LogP contribution in [0.15, 0.2) is 71.5 Å². The van der Waals surface area contributed by atoms with Crippen LogP contribution in [0.1, 0.15) is 0 Å². The molecular weight excluding hydrogens is 342 g/mol. The Morgan fingerprint density at radius 1 is 0.815 bits per heavy atom. The monoisotopic (exact) mass is 355 g/mol. The van der Waals surface area contributed by atoms with E-state index in [0.29, 0.717) is 16.5 Å². The first-order valence-electron chi connectivity index (χ1n) is 8.44. The first-order valence-corrected chi connectivity index (χ1v) is 8.44. The summed E-state index contributed by atoms with van der Waals surface area (Å²) in [5.74, 6) is 0. The van der Waals surface area contributed by atoms with E-state index in [9.17, 15) is 14.9 Å². The van der Waals surface area contributed by atoms with Crippen molar-refractivity contribution in [2.75, 3.05) is 0 Å². The van der Waals surface area contributed by atoms with Crippen LogP contribution in [-0.2, 0) is 0 Å². The third kappa shape index (κ3) is 2.23. The van der Waals surface area contributed by atoms with Crippen LogP contribution in [0.2, 0.25) is 0 Å². The van der Waals surface area contributed by atoms with Gasteiger partial charge in [0.15, 0.2) is 0 Å². The van der Waals surface area contributed by atoms with Gasteiger partial charge in [-0.3, -0.25) is 14.9 Å².